The highest BCUT2D eigenvalue weighted by Gasteiger charge is 2.23. The monoisotopic (exact) mass is 373 g/mol. The molecule has 0 atom stereocenters. The molecule has 0 saturated carbocycles. The van der Waals surface area contributed by atoms with Crippen LogP contribution in [0.25, 0.3) is 11.5 Å². The van der Waals surface area contributed by atoms with Gasteiger partial charge in [0.15, 0.2) is 0 Å². The first-order chi connectivity index (χ1) is 12.9. The number of aromatic nitrogens is 1. The second-order valence-corrected chi connectivity index (χ2v) is 6.78. The predicted octanol–water partition coefficient (Wildman–Crippen LogP) is 2.64. The number of hydrogen-bond donors (Lipinski definition) is 0. The average molecular weight is 373 g/mol. The zero-order valence-corrected chi connectivity index (χ0v) is 16.7. The average Bonchev–Trinajstić information content (AvgIpc) is 3.02. The van der Waals surface area contributed by atoms with Crippen LogP contribution in [-0.2, 0) is 11.3 Å². The molecule has 2 aromatic rings. The van der Waals surface area contributed by atoms with E-state index < -0.39 is 0 Å². The summed E-state index contributed by atoms with van der Waals surface area (Å²) in [4.78, 5) is 20.4. The smallest absolute Gasteiger partial charge is 0.230 e. The summed E-state index contributed by atoms with van der Waals surface area (Å²) in [5.74, 6) is 2.96. The van der Waals surface area contributed by atoms with Crippen LogP contribution in [0.5, 0.6) is 11.5 Å². The molecule has 0 radical (unpaired) electrons. The molecule has 7 nitrogen and oxygen atoms in total. The van der Waals surface area contributed by atoms with Crippen LogP contribution in [0.1, 0.15) is 23.9 Å². The second kappa shape index (κ2) is 8.00. The zero-order chi connectivity index (χ0) is 19.6. The van der Waals surface area contributed by atoms with E-state index in [1.165, 1.54) is 0 Å². The van der Waals surface area contributed by atoms with Crippen molar-refractivity contribution < 1.29 is 18.7 Å². The molecule has 1 aromatic heterocycles. The molecule has 0 aliphatic carbocycles. The first kappa shape index (κ1) is 19.2. The fourth-order valence-electron chi connectivity index (χ4n) is 3.45. The number of carbonyl (C=O) groups excluding carboxylic acids is 1. The van der Waals surface area contributed by atoms with Crippen LogP contribution in [0.4, 0.5) is 0 Å². The minimum absolute atomic E-state index is 0.136. The highest BCUT2D eigenvalue weighted by Crippen LogP contribution is 2.38. The summed E-state index contributed by atoms with van der Waals surface area (Å²) in [7, 11) is 3.27. The molecular weight excluding hydrogens is 346 g/mol. The Bertz CT molecular complexity index is 823. The Morgan fingerprint density at radius 1 is 1.15 bits per heavy atom. The Hall–Kier alpha value is -2.54. The van der Waals surface area contributed by atoms with Gasteiger partial charge >= 0.3 is 0 Å². The van der Waals surface area contributed by atoms with Crippen LogP contribution < -0.4 is 9.47 Å². The number of carbonyl (C=O) groups is 1. The lowest BCUT2D eigenvalue weighted by molar-refractivity contribution is -0.130. The van der Waals surface area contributed by atoms with Gasteiger partial charge in [-0.1, -0.05) is 0 Å². The summed E-state index contributed by atoms with van der Waals surface area (Å²) in [6.45, 7) is 9.40. The Kier molecular flexibility index (Phi) is 5.70. The number of benzene rings is 1. The fraction of sp³-hybridized carbons (Fsp3) is 0.500. The van der Waals surface area contributed by atoms with Crippen LogP contribution in [0.3, 0.4) is 0 Å². The standard InChI is InChI=1S/C20H27N3O4/c1-13-18(25-4)7-6-16(19(13)26-5)20-21-17(14(2)27-20)12-22-8-10-23(11-9-22)15(3)24/h6-7H,8-12H2,1-5H3. The number of aryl methyl sites for hydroxylation is 1. The van der Waals surface area contributed by atoms with E-state index in [-0.39, 0.29) is 5.91 Å². The second-order valence-electron chi connectivity index (χ2n) is 6.78. The molecule has 1 aromatic carbocycles. The maximum atomic E-state index is 11.5. The predicted molar refractivity (Wildman–Crippen MR) is 102 cm³/mol. The summed E-state index contributed by atoms with van der Waals surface area (Å²) in [5, 5.41) is 0. The largest absolute Gasteiger partial charge is 0.496 e. The molecule has 1 aliphatic heterocycles. The van der Waals surface area contributed by atoms with E-state index in [1.54, 1.807) is 21.1 Å². The van der Waals surface area contributed by atoms with Crippen LogP contribution in [0.15, 0.2) is 16.5 Å². The van der Waals surface area contributed by atoms with Crippen molar-refractivity contribution in [2.24, 2.45) is 0 Å². The van der Waals surface area contributed by atoms with E-state index in [9.17, 15) is 4.79 Å². The third-order valence-corrected chi connectivity index (χ3v) is 5.09. The molecule has 3 rings (SSSR count). The van der Waals surface area contributed by atoms with Crippen LogP contribution in [0.2, 0.25) is 0 Å². The van der Waals surface area contributed by atoms with Crippen molar-refractivity contribution in [3.63, 3.8) is 0 Å². The SMILES string of the molecule is COc1ccc(-c2nc(CN3CCN(C(C)=O)CC3)c(C)o2)c(OC)c1C. The van der Waals surface area contributed by atoms with Crippen LogP contribution >= 0.6 is 0 Å². The lowest BCUT2D eigenvalue weighted by Crippen LogP contribution is -2.47. The molecule has 1 aliphatic rings. The molecule has 1 amide bonds. The number of nitrogens with zero attached hydrogens (tertiary/aromatic N) is 3. The third kappa shape index (κ3) is 3.93. The highest BCUT2D eigenvalue weighted by atomic mass is 16.5. The van der Waals surface area contributed by atoms with Gasteiger partial charge in [-0.05, 0) is 26.0 Å². The van der Waals surface area contributed by atoms with Crippen LogP contribution in [0, 0.1) is 13.8 Å². The summed E-state index contributed by atoms with van der Waals surface area (Å²) >= 11 is 0. The van der Waals surface area contributed by atoms with Gasteiger partial charge in [-0.15, -0.1) is 0 Å². The van der Waals surface area contributed by atoms with Crippen molar-refractivity contribution in [1.82, 2.24) is 14.8 Å². The Labute approximate surface area is 159 Å². The molecule has 1 fully saturated rings. The van der Waals surface area contributed by atoms with Gasteiger partial charge in [-0.3, -0.25) is 9.69 Å². The molecule has 146 valence electrons. The van der Waals surface area contributed by atoms with E-state index in [2.05, 4.69) is 4.90 Å². The minimum Gasteiger partial charge on any atom is -0.496 e. The van der Waals surface area contributed by atoms with Crippen molar-refractivity contribution in [1.29, 1.82) is 0 Å². The van der Waals surface area contributed by atoms with Gasteiger partial charge < -0.3 is 18.8 Å². The van der Waals surface area contributed by atoms with Gasteiger partial charge in [0.1, 0.15) is 17.3 Å². The number of ether oxygens (including phenoxy) is 2. The van der Waals surface area contributed by atoms with Gasteiger partial charge in [-0.25, -0.2) is 4.98 Å². The number of oxazole rings is 1. The summed E-state index contributed by atoms with van der Waals surface area (Å²) in [5.41, 5.74) is 2.64. The van der Waals surface area contributed by atoms with E-state index in [0.29, 0.717) is 18.2 Å². The molecule has 2 heterocycles. The molecule has 0 unspecified atom stereocenters. The van der Waals surface area contributed by atoms with Gasteiger partial charge in [0.2, 0.25) is 11.8 Å². The first-order valence-corrected chi connectivity index (χ1v) is 9.10. The number of methoxy groups -OCH3 is 2. The Balaban J connectivity index is 1.79. The van der Waals surface area contributed by atoms with Gasteiger partial charge in [0, 0.05) is 45.2 Å². The van der Waals surface area contributed by atoms with Gasteiger partial charge in [-0.2, -0.15) is 0 Å². The molecule has 0 spiro atoms. The zero-order valence-electron chi connectivity index (χ0n) is 16.7. The number of hydrogen-bond acceptors (Lipinski definition) is 6. The van der Waals surface area contributed by atoms with E-state index in [1.807, 2.05) is 30.9 Å². The molecule has 0 bridgehead atoms. The topological polar surface area (TPSA) is 68.0 Å². The maximum Gasteiger partial charge on any atom is 0.230 e. The lowest BCUT2D eigenvalue weighted by Gasteiger charge is -2.33. The molecule has 0 N–H and O–H groups in total. The van der Waals surface area contributed by atoms with Crippen molar-refractivity contribution >= 4 is 5.91 Å². The highest BCUT2D eigenvalue weighted by molar-refractivity contribution is 5.73. The lowest BCUT2D eigenvalue weighted by atomic mass is 10.1. The normalized spacial score (nSPS) is 15.1. The third-order valence-electron chi connectivity index (χ3n) is 5.09. The number of rotatable bonds is 5. The van der Waals surface area contributed by atoms with E-state index >= 15 is 0 Å². The summed E-state index contributed by atoms with van der Waals surface area (Å²) in [6.07, 6.45) is 0. The molecule has 27 heavy (non-hydrogen) atoms. The van der Waals surface area contributed by atoms with Crippen molar-refractivity contribution in [2.75, 3.05) is 40.4 Å². The molecule has 1 saturated heterocycles. The van der Waals surface area contributed by atoms with Crippen molar-refractivity contribution in [3.8, 4) is 23.0 Å². The van der Waals surface area contributed by atoms with E-state index in [0.717, 1.165) is 54.5 Å². The van der Waals surface area contributed by atoms with E-state index in [4.69, 9.17) is 18.9 Å². The Morgan fingerprint density at radius 3 is 2.44 bits per heavy atom. The summed E-state index contributed by atoms with van der Waals surface area (Å²) < 4.78 is 16.9. The minimum atomic E-state index is 0.136. The number of piperazine rings is 1. The molecular formula is C20H27N3O4. The van der Waals surface area contributed by atoms with Gasteiger partial charge in [0.25, 0.3) is 0 Å². The fourth-order valence-corrected chi connectivity index (χ4v) is 3.45. The quantitative estimate of drug-likeness (QED) is 0.803. The van der Waals surface area contributed by atoms with Gasteiger partial charge in [0.05, 0.1) is 25.5 Å². The summed E-state index contributed by atoms with van der Waals surface area (Å²) in [6, 6.07) is 3.80. The maximum absolute atomic E-state index is 11.5. The Morgan fingerprint density at radius 2 is 1.85 bits per heavy atom. The molecule has 7 heteroatoms. The van der Waals surface area contributed by atoms with Crippen molar-refractivity contribution in [3.05, 3.63) is 29.2 Å². The number of amides is 1. The van der Waals surface area contributed by atoms with Crippen molar-refractivity contribution in [2.45, 2.75) is 27.3 Å². The first-order valence-electron chi connectivity index (χ1n) is 9.10. The van der Waals surface area contributed by atoms with Crippen LogP contribution in [-0.4, -0.2) is 61.1 Å².